The van der Waals surface area contributed by atoms with E-state index >= 15 is 0 Å². The summed E-state index contributed by atoms with van der Waals surface area (Å²) in [6, 6.07) is 9.72. The van der Waals surface area contributed by atoms with E-state index in [-0.39, 0.29) is 0 Å². The number of aromatic nitrogens is 4. The fourth-order valence-electron chi connectivity index (χ4n) is 2.97. The highest BCUT2D eigenvalue weighted by molar-refractivity contribution is 5.95. The second-order valence-electron chi connectivity index (χ2n) is 5.34. The molecule has 0 aliphatic heterocycles. The molecule has 7 heteroatoms. The van der Waals surface area contributed by atoms with Gasteiger partial charge in [0.2, 0.25) is 5.75 Å². The SMILES string of the molecule is COc1cc2c(-n3cnc4ccccc43)ncnc2c(OC)c1OC. The van der Waals surface area contributed by atoms with Crippen molar-refractivity contribution in [1.82, 2.24) is 19.5 Å². The fraction of sp³-hybridized carbons (Fsp3) is 0.167. The molecular formula is C18H16N4O3. The van der Waals surface area contributed by atoms with E-state index in [4.69, 9.17) is 14.2 Å². The predicted octanol–water partition coefficient (Wildman–Crippen LogP) is 2.99. The normalized spacial score (nSPS) is 11.0. The Balaban J connectivity index is 2.09. The summed E-state index contributed by atoms with van der Waals surface area (Å²) in [6.45, 7) is 0. The standard InChI is InChI=1S/C18H16N4O3/c1-23-14-8-11-15(17(25-3)16(14)24-2)19-9-20-18(11)22-10-21-12-6-4-5-7-13(12)22/h4-10H,1-3H3. The van der Waals surface area contributed by atoms with Gasteiger partial charge in [0.25, 0.3) is 0 Å². The quantitative estimate of drug-likeness (QED) is 0.570. The van der Waals surface area contributed by atoms with E-state index in [2.05, 4.69) is 15.0 Å². The monoisotopic (exact) mass is 336 g/mol. The summed E-state index contributed by atoms with van der Waals surface area (Å²) in [5.74, 6) is 2.24. The molecule has 0 amide bonds. The van der Waals surface area contributed by atoms with Gasteiger partial charge in [-0.15, -0.1) is 0 Å². The van der Waals surface area contributed by atoms with Gasteiger partial charge in [-0.2, -0.15) is 0 Å². The van der Waals surface area contributed by atoms with Crippen LogP contribution in [0.4, 0.5) is 0 Å². The number of hydrogen-bond donors (Lipinski definition) is 0. The summed E-state index contributed by atoms with van der Waals surface area (Å²) in [6.07, 6.45) is 3.25. The number of rotatable bonds is 4. The second kappa shape index (κ2) is 5.94. The lowest BCUT2D eigenvalue weighted by Gasteiger charge is -2.15. The zero-order valence-corrected chi connectivity index (χ0v) is 14.1. The van der Waals surface area contributed by atoms with Crippen LogP contribution in [0.3, 0.4) is 0 Å². The van der Waals surface area contributed by atoms with E-state index in [9.17, 15) is 0 Å². The van der Waals surface area contributed by atoms with Crippen LogP contribution in [0.1, 0.15) is 0 Å². The highest BCUT2D eigenvalue weighted by Gasteiger charge is 2.20. The van der Waals surface area contributed by atoms with Crippen molar-refractivity contribution in [2.75, 3.05) is 21.3 Å². The number of nitrogens with zero attached hydrogens (tertiary/aromatic N) is 4. The highest BCUT2D eigenvalue weighted by Crippen LogP contribution is 2.43. The Bertz CT molecular complexity index is 1070. The van der Waals surface area contributed by atoms with E-state index in [0.29, 0.717) is 28.6 Å². The van der Waals surface area contributed by atoms with E-state index in [1.807, 2.05) is 34.9 Å². The van der Waals surface area contributed by atoms with Crippen LogP contribution in [-0.2, 0) is 0 Å². The fourth-order valence-corrected chi connectivity index (χ4v) is 2.97. The molecule has 2 aromatic carbocycles. The number of methoxy groups -OCH3 is 3. The van der Waals surface area contributed by atoms with Crippen molar-refractivity contribution in [1.29, 1.82) is 0 Å². The van der Waals surface area contributed by atoms with Crippen molar-refractivity contribution in [3.05, 3.63) is 43.0 Å². The maximum Gasteiger partial charge on any atom is 0.205 e. The Morgan fingerprint density at radius 2 is 1.68 bits per heavy atom. The molecule has 0 aliphatic rings. The van der Waals surface area contributed by atoms with Crippen molar-refractivity contribution in [3.63, 3.8) is 0 Å². The van der Waals surface area contributed by atoms with Gasteiger partial charge in [0, 0.05) is 0 Å². The Morgan fingerprint density at radius 3 is 2.44 bits per heavy atom. The molecule has 0 saturated heterocycles. The van der Waals surface area contributed by atoms with Crippen LogP contribution in [0.25, 0.3) is 27.8 Å². The topological polar surface area (TPSA) is 71.3 Å². The molecule has 7 nitrogen and oxygen atoms in total. The van der Waals surface area contributed by atoms with Crippen molar-refractivity contribution < 1.29 is 14.2 Å². The van der Waals surface area contributed by atoms with Gasteiger partial charge in [-0.25, -0.2) is 15.0 Å². The summed E-state index contributed by atoms with van der Waals surface area (Å²) in [5, 5.41) is 0.778. The lowest BCUT2D eigenvalue weighted by atomic mass is 10.1. The first-order valence-electron chi connectivity index (χ1n) is 7.64. The van der Waals surface area contributed by atoms with Crippen LogP contribution in [0.15, 0.2) is 43.0 Å². The number of benzene rings is 2. The summed E-state index contributed by atoms with van der Waals surface area (Å²) < 4.78 is 18.4. The average Bonchev–Trinajstić information content (AvgIpc) is 3.09. The van der Waals surface area contributed by atoms with Crippen LogP contribution in [0.2, 0.25) is 0 Å². The second-order valence-corrected chi connectivity index (χ2v) is 5.34. The first kappa shape index (κ1) is 15.2. The molecule has 25 heavy (non-hydrogen) atoms. The van der Waals surface area contributed by atoms with Gasteiger partial charge in [-0.3, -0.25) is 4.57 Å². The Labute approximate surface area is 143 Å². The number of para-hydroxylation sites is 2. The third-order valence-corrected chi connectivity index (χ3v) is 4.09. The molecule has 0 unspecified atom stereocenters. The van der Waals surface area contributed by atoms with Gasteiger partial charge in [-0.05, 0) is 18.2 Å². The third kappa shape index (κ3) is 2.24. The van der Waals surface area contributed by atoms with E-state index in [0.717, 1.165) is 16.4 Å². The molecule has 4 aromatic rings. The van der Waals surface area contributed by atoms with Gasteiger partial charge < -0.3 is 14.2 Å². The van der Waals surface area contributed by atoms with Gasteiger partial charge in [-0.1, -0.05) is 12.1 Å². The highest BCUT2D eigenvalue weighted by atomic mass is 16.5. The Hall–Kier alpha value is -3.35. The first-order chi connectivity index (χ1) is 12.3. The van der Waals surface area contributed by atoms with Crippen molar-refractivity contribution in [3.8, 4) is 23.1 Å². The number of fused-ring (bicyclic) bond motifs is 2. The van der Waals surface area contributed by atoms with E-state index < -0.39 is 0 Å². The average molecular weight is 336 g/mol. The molecule has 0 atom stereocenters. The molecule has 4 rings (SSSR count). The van der Waals surface area contributed by atoms with Crippen molar-refractivity contribution in [2.45, 2.75) is 0 Å². The van der Waals surface area contributed by atoms with Crippen LogP contribution in [0, 0.1) is 0 Å². The number of hydrogen-bond acceptors (Lipinski definition) is 6. The first-order valence-corrected chi connectivity index (χ1v) is 7.64. The van der Waals surface area contributed by atoms with Gasteiger partial charge in [0.1, 0.15) is 24.0 Å². The molecule has 0 radical (unpaired) electrons. The minimum absolute atomic E-state index is 0.498. The largest absolute Gasteiger partial charge is 0.493 e. The lowest BCUT2D eigenvalue weighted by Crippen LogP contribution is -2.02. The molecule has 0 saturated carbocycles. The molecule has 0 fully saturated rings. The van der Waals surface area contributed by atoms with Crippen molar-refractivity contribution >= 4 is 21.9 Å². The van der Waals surface area contributed by atoms with E-state index in [1.165, 1.54) is 6.33 Å². The zero-order chi connectivity index (χ0) is 17.4. The lowest BCUT2D eigenvalue weighted by molar-refractivity contribution is 0.327. The van der Waals surface area contributed by atoms with Crippen LogP contribution >= 0.6 is 0 Å². The van der Waals surface area contributed by atoms with Crippen LogP contribution in [-0.4, -0.2) is 40.8 Å². The molecule has 0 aliphatic carbocycles. The molecular weight excluding hydrogens is 320 g/mol. The van der Waals surface area contributed by atoms with Gasteiger partial charge in [0.15, 0.2) is 11.5 Å². The maximum absolute atomic E-state index is 5.53. The molecule has 0 spiro atoms. The molecule has 2 aromatic heterocycles. The molecule has 0 bridgehead atoms. The number of ether oxygens (including phenoxy) is 3. The minimum Gasteiger partial charge on any atom is -0.493 e. The predicted molar refractivity (Wildman–Crippen MR) is 93.8 cm³/mol. The third-order valence-electron chi connectivity index (χ3n) is 4.09. The Morgan fingerprint density at radius 1 is 0.880 bits per heavy atom. The van der Waals surface area contributed by atoms with Gasteiger partial charge in [0.05, 0.1) is 37.7 Å². The van der Waals surface area contributed by atoms with E-state index in [1.54, 1.807) is 27.7 Å². The minimum atomic E-state index is 0.498. The zero-order valence-electron chi connectivity index (χ0n) is 14.1. The summed E-state index contributed by atoms with van der Waals surface area (Å²) >= 11 is 0. The van der Waals surface area contributed by atoms with Crippen LogP contribution in [0.5, 0.6) is 17.2 Å². The van der Waals surface area contributed by atoms with Crippen molar-refractivity contribution in [2.24, 2.45) is 0 Å². The smallest absolute Gasteiger partial charge is 0.205 e. The molecule has 2 heterocycles. The molecule has 0 N–H and O–H groups in total. The Kier molecular flexibility index (Phi) is 3.61. The van der Waals surface area contributed by atoms with Crippen LogP contribution < -0.4 is 14.2 Å². The number of imidazole rings is 1. The molecule has 126 valence electrons. The summed E-state index contributed by atoms with van der Waals surface area (Å²) in [5.41, 5.74) is 2.49. The summed E-state index contributed by atoms with van der Waals surface area (Å²) in [4.78, 5) is 13.3. The van der Waals surface area contributed by atoms with Gasteiger partial charge >= 0.3 is 0 Å². The summed E-state index contributed by atoms with van der Waals surface area (Å²) in [7, 11) is 4.72. The maximum atomic E-state index is 5.53.